The van der Waals surface area contributed by atoms with Crippen molar-refractivity contribution in [2.24, 2.45) is 0 Å². The van der Waals surface area contributed by atoms with Crippen LogP contribution in [-0.2, 0) is 26.9 Å². The van der Waals surface area contributed by atoms with E-state index in [9.17, 15) is 22.8 Å². The minimum absolute atomic E-state index is 0.00352. The number of anilines is 2. The summed E-state index contributed by atoms with van der Waals surface area (Å²) in [6.45, 7) is 0.451. The van der Waals surface area contributed by atoms with E-state index in [0.29, 0.717) is 19.4 Å². The fourth-order valence-electron chi connectivity index (χ4n) is 3.81. The minimum atomic E-state index is -4.71. The van der Waals surface area contributed by atoms with Gasteiger partial charge in [0, 0.05) is 30.1 Å². The van der Waals surface area contributed by atoms with Crippen LogP contribution in [0.1, 0.15) is 30.5 Å². The highest BCUT2D eigenvalue weighted by Crippen LogP contribution is 2.37. The van der Waals surface area contributed by atoms with E-state index in [-0.39, 0.29) is 17.8 Å². The molecule has 1 aliphatic heterocycles. The van der Waals surface area contributed by atoms with Crippen molar-refractivity contribution in [3.63, 3.8) is 0 Å². The average molecular weight is 471 g/mol. The molecule has 0 saturated carbocycles. The smallest absolute Gasteiger partial charge is 0.368 e. The Kier molecular flexibility index (Phi) is 7.02. The lowest BCUT2D eigenvalue weighted by atomic mass is 10.1. The standard InChI is InChI=1S/C25H24F3N3O3/c26-25(27,28)19-15-18(30-24(33)22-7-4-14-34-22)9-12-21(19)31-23(32)13-10-17-8-11-20(29-17)16-5-2-1-3-6-16/h1-3,5-6,8-9,11-12,15,22,29H,4,7,10,13-14H2,(H,30,33)(H,31,32). The second-order valence-electron chi connectivity index (χ2n) is 8.06. The van der Waals surface area contributed by atoms with Gasteiger partial charge in [0.25, 0.3) is 5.91 Å². The van der Waals surface area contributed by atoms with Gasteiger partial charge in [0.15, 0.2) is 0 Å². The van der Waals surface area contributed by atoms with E-state index < -0.39 is 29.7 Å². The summed E-state index contributed by atoms with van der Waals surface area (Å²) < 4.78 is 46.2. The molecule has 0 aliphatic carbocycles. The van der Waals surface area contributed by atoms with Gasteiger partial charge >= 0.3 is 6.18 Å². The number of carbonyl (C=O) groups excluding carboxylic acids is 2. The lowest BCUT2D eigenvalue weighted by Gasteiger charge is -2.16. The molecule has 0 bridgehead atoms. The zero-order valence-corrected chi connectivity index (χ0v) is 18.2. The topological polar surface area (TPSA) is 83.2 Å². The van der Waals surface area contributed by atoms with Gasteiger partial charge in [-0.3, -0.25) is 9.59 Å². The van der Waals surface area contributed by atoms with Gasteiger partial charge < -0.3 is 20.4 Å². The van der Waals surface area contributed by atoms with Crippen LogP contribution >= 0.6 is 0 Å². The number of amides is 2. The Bertz CT molecular complexity index is 1150. The summed E-state index contributed by atoms with van der Waals surface area (Å²) in [6, 6.07) is 16.7. The van der Waals surface area contributed by atoms with Crippen molar-refractivity contribution in [3.8, 4) is 11.3 Å². The highest BCUT2D eigenvalue weighted by atomic mass is 19.4. The number of aryl methyl sites for hydroxylation is 1. The van der Waals surface area contributed by atoms with Crippen molar-refractivity contribution in [2.45, 2.75) is 38.0 Å². The third-order valence-corrected chi connectivity index (χ3v) is 5.54. The average Bonchev–Trinajstić information content (AvgIpc) is 3.51. The number of aromatic amines is 1. The zero-order valence-electron chi connectivity index (χ0n) is 18.2. The summed E-state index contributed by atoms with van der Waals surface area (Å²) in [7, 11) is 0. The fourth-order valence-corrected chi connectivity index (χ4v) is 3.81. The van der Waals surface area contributed by atoms with Gasteiger partial charge in [0.1, 0.15) is 6.10 Å². The molecule has 178 valence electrons. The molecular weight excluding hydrogens is 447 g/mol. The number of aromatic nitrogens is 1. The van der Waals surface area contributed by atoms with Crippen LogP contribution in [0.15, 0.2) is 60.7 Å². The molecule has 3 aromatic rings. The van der Waals surface area contributed by atoms with Gasteiger partial charge in [0.2, 0.25) is 5.91 Å². The largest absolute Gasteiger partial charge is 0.418 e. The van der Waals surface area contributed by atoms with Crippen LogP contribution in [0.2, 0.25) is 0 Å². The van der Waals surface area contributed by atoms with Gasteiger partial charge in [-0.05, 0) is 55.2 Å². The number of hydrogen-bond acceptors (Lipinski definition) is 3. The SMILES string of the molecule is O=C(CCc1ccc(-c2ccccc2)[nH]1)Nc1ccc(NC(=O)C2CCCO2)cc1C(F)(F)F. The molecule has 2 heterocycles. The van der Waals surface area contributed by atoms with Crippen molar-refractivity contribution in [1.82, 2.24) is 4.98 Å². The molecule has 1 fully saturated rings. The van der Waals surface area contributed by atoms with E-state index in [1.165, 1.54) is 6.07 Å². The molecule has 1 atom stereocenters. The number of rotatable bonds is 7. The molecule has 34 heavy (non-hydrogen) atoms. The quantitative estimate of drug-likeness (QED) is 0.432. The molecule has 2 aromatic carbocycles. The van der Waals surface area contributed by atoms with E-state index in [0.717, 1.165) is 35.5 Å². The minimum Gasteiger partial charge on any atom is -0.368 e. The molecule has 3 N–H and O–H groups in total. The number of nitrogens with one attached hydrogen (secondary N) is 3. The first-order chi connectivity index (χ1) is 16.3. The predicted octanol–water partition coefficient (Wildman–Crippen LogP) is 5.39. The normalized spacial score (nSPS) is 15.8. The van der Waals surface area contributed by atoms with E-state index >= 15 is 0 Å². The zero-order chi connectivity index (χ0) is 24.1. The third-order valence-electron chi connectivity index (χ3n) is 5.54. The van der Waals surface area contributed by atoms with E-state index in [4.69, 9.17) is 4.74 Å². The molecule has 6 nitrogen and oxygen atoms in total. The Morgan fingerprint density at radius 3 is 2.53 bits per heavy atom. The maximum atomic E-state index is 13.6. The van der Waals surface area contributed by atoms with Crippen LogP contribution in [-0.4, -0.2) is 29.5 Å². The molecular formula is C25H24F3N3O3. The summed E-state index contributed by atoms with van der Waals surface area (Å²) in [4.78, 5) is 27.8. The maximum Gasteiger partial charge on any atom is 0.418 e. The summed E-state index contributed by atoms with van der Waals surface area (Å²) in [6.07, 6.45) is -3.77. The lowest BCUT2D eigenvalue weighted by molar-refractivity contribution is -0.137. The summed E-state index contributed by atoms with van der Waals surface area (Å²) in [5.41, 5.74) is 1.31. The summed E-state index contributed by atoms with van der Waals surface area (Å²) in [5, 5.41) is 4.81. The molecule has 1 aromatic heterocycles. The number of benzene rings is 2. The highest BCUT2D eigenvalue weighted by Gasteiger charge is 2.34. The summed E-state index contributed by atoms with van der Waals surface area (Å²) >= 11 is 0. The Morgan fingerprint density at radius 2 is 1.82 bits per heavy atom. The van der Waals surface area contributed by atoms with Crippen molar-refractivity contribution < 1.29 is 27.5 Å². The van der Waals surface area contributed by atoms with Crippen LogP contribution in [0, 0.1) is 0 Å². The van der Waals surface area contributed by atoms with Crippen LogP contribution < -0.4 is 10.6 Å². The molecule has 1 unspecified atom stereocenters. The van der Waals surface area contributed by atoms with Crippen LogP contribution in [0.3, 0.4) is 0 Å². The Hall–Kier alpha value is -3.59. The maximum absolute atomic E-state index is 13.6. The van der Waals surface area contributed by atoms with Crippen LogP contribution in [0.4, 0.5) is 24.5 Å². The number of halogens is 3. The van der Waals surface area contributed by atoms with Gasteiger partial charge in [-0.15, -0.1) is 0 Å². The molecule has 0 radical (unpaired) electrons. The van der Waals surface area contributed by atoms with Gasteiger partial charge in [-0.1, -0.05) is 30.3 Å². The number of hydrogen-bond donors (Lipinski definition) is 3. The first-order valence-corrected chi connectivity index (χ1v) is 11.0. The Labute approximate surface area is 194 Å². The Morgan fingerprint density at radius 1 is 1.03 bits per heavy atom. The molecule has 2 amide bonds. The Balaban J connectivity index is 1.39. The molecule has 0 spiro atoms. The summed E-state index contributed by atoms with van der Waals surface area (Å²) in [5.74, 6) is -1.03. The number of carbonyl (C=O) groups is 2. The second kappa shape index (κ2) is 10.1. The highest BCUT2D eigenvalue weighted by molar-refractivity contribution is 5.96. The number of H-pyrrole nitrogens is 1. The van der Waals surface area contributed by atoms with Crippen molar-refractivity contribution >= 4 is 23.2 Å². The van der Waals surface area contributed by atoms with Crippen molar-refractivity contribution in [1.29, 1.82) is 0 Å². The number of alkyl halides is 3. The lowest BCUT2D eigenvalue weighted by Crippen LogP contribution is -2.27. The molecule has 4 rings (SSSR count). The van der Waals surface area contributed by atoms with Crippen LogP contribution in [0.25, 0.3) is 11.3 Å². The van der Waals surface area contributed by atoms with Crippen LogP contribution in [0.5, 0.6) is 0 Å². The van der Waals surface area contributed by atoms with Gasteiger partial charge in [0.05, 0.1) is 11.3 Å². The first kappa shape index (κ1) is 23.6. The van der Waals surface area contributed by atoms with Gasteiger partial charge in [-0.2, -0.15) is 13.2 Å². The van der Waals surface area contributed by atoms with E-state index in [1.54, 1.807) is 0 Å². The first-order valence-electron chi connectivity index (χ1n) is 11.0. The molecule has 1 aliphatic rings. The fraction of sp³-hybridized carbons (Fsp3) is 0.280. The number of ether oxygens (including phenoxy) is 1. The van der Waals surface area contributed by atoms with E-state index in [2.05, 4.69) is 15.6 Å². The predicted molar refractivity (Wildman–Crippen MR) is 122 cm³/mol. The van der Waals surface area contributed by atoms with Gasteiger partial charge in [-0.25, -0.2) is 0 Å². The third kappa shape index (κ3) is 5.85. The van der Waals surface area contributed by atoms with E-state index in [1.807, 2.05) is 42.5 Å². The van der Waals surface area contributed by atoms with Crippen molar-refractivity contribution in [3.05, 3.63) is 71.9 Å². The van der Waals surface area contributed by atoms with Crippen molar-refractivity contribution in [2.75, 3.05) is 17.2 Å². The molecule has 9 heteroatoms. The second-order valence-corrected chi connectivity index (χ2v) is 8.06. The molecule has 1 saturated heterocycles. The monoisotopic (exact) mass is 471 g/mol.